The number of anilines is 1. The maximum absolute atomic E-state index is 12.7. The molecule has 0 atom stereocenters. The molecule has 0 aliphatic carbocycles. The van der Waals surface area contributed by atoms with Crippen molar-refractivity contribution >= 4 is 28.2 Å². The molecular formula is C20H20ClN3O2. The zero-order chi connectivity index (χ0) is 18.1. The van der Waals surface area contributed by atoms with Crippen LogP contribution in [0.25, 0.3) is 10.9 Å². The smallest absolute Gasteiger partial charge is 0.261 e. The van der Waals surface area contributed by atoms with Gasteiger partial charge in [0.15, 0.2) is 0 Å². The Bertz CT molecular complexity index is 979. The molecule has 0 amide bonds. The molecule has 2 aromatic carbocycles. The number of benzene rings is 2. The van der Waals surface area contributed by atoms with E-state index in [2.05, 4.69) is 22.0 Å². The average Bonchev–Trinajstić information content (AvgIpc) is 2.65. The highest BCUT2D eigenvalue weighted by Gasteiger charge is 2.33. The van der Waals surface area contributed by atoms with E-state index in [9.17, 15) is 9.90 Å². The van der Waals surface area contributed by atoms with Gasteiger partial charge in [-0.1, -0.05) is 29.8 Å². The molecule has 0 radical (unpaired) electrons. The summed E-state index contributed by atoms with van der Waals surface area (Å²) in [4.78, 5) is 19.3. The molecule has 0 saturated carbocycles. The molecule has 1 N–H and O–H groups in total. The van der Waals surface area contributed by atoms with Crippen LogP contribution in [0.2, 0.25) is 5.02 Å². The lowest BCUT2D eigenvalue weighted by atomic mass is 9.91. The molecule has 2 heterocycles. The SMILES string of the molecule is O=c1c2ccc(Cl)cc2ncn1CC1(O)CCN(c2ccccc2)CC1. The van der Waals surface area contributed by atoms with Crippen LogP contribution in [0.1, 0.15) is 12.8 Å². The van der Waals surface area contributed by atoms with E-state index < -0.39 is 5.60 Å². The predicted octanol–water partition coefficient (Wildman–Crippen LogP) is 3.08. The first-order chi connectivity index (χ1) is 12.5. The summed E-state index contributed by atoms with van der Waals surface area (Å²) in [6.45, 7) is 1.76. The number of hydrogen-bond donors (Lipinski definition) is 1. The van der Waals surface area contributed by atoms with Gasteiger partial charge in [-0.3, -0.25) is 9.36 Å². The van der Waals surface area contributed by atoms with E-state index in [1.165, 1.54) is 10.9 Å². The monoisotopic (exact) mass is 369 g/mol. The van der Waals surface area contributed by atoms with Gasteiger partial charge in [0, 0.05) is 23.8 Å². The van der Waals surface area contributed by atoms with Crippen LogP contribution in [0.15, 0.2) is 59.7 Å². The molecule has 1 aromatic heterocycles. The number of para-hydroxylation sites is 1. The number of aromatic nitrogens is 2. The minimum absolute atomic E-state index is 0.148. The van der Waals surface area contributed by atoms with E-state index in [1.54, 1.807) is 18.2 Å². The van der Waals surface area contributed by atoms with Crippen LogP contribution in [-0.2, 0) is 6.54 Å². The van der Waals surface area contributed by atoms with Crippen LogP contribution in [0.4, 0.5) is 5.69 Å². The van der Waals surface area contributed by atoms with Crippen molar-refractivity contribution in [1.29, 1.82) is 0 Å². The summed E-state index contributed by atoms with van der Waals surface area (Å²) in [7, 11) is 0. The van der Waals surface area contributed by atoms with Gasteiger partial charge in [-0.15, -0.1) is 0 Å². The molecule has 1 fully saturated rings. The largest absolute Gasteiger partial charge is 0.388 e. The Morgan fingerprint density at radius 2 is 1.85 bits per heavy atom. The van der Waals surface area contributed by atoms with Crippen LogP contribution >= 0.6 is 11.6 Å². The highest BCUT2D eigenvalue weighted by molar-refractivity contribution is 6.31. The molecule has 5 nitrogen and oxygen atoms in total. The number of nitrogens with zero attached hydrogens (tertiary/aromatic N) is 3. The minimum Gasteiger partial charge on any atom is -0.388 e. The van der Waals surface area contributed by atoms with Crippen LogP contribution in [0.5, 0.6) is 0 Å². The molecule has 0 bridgehead atoms. The van der Waals surface area contributed by atoms with Crippen molar-refractivity contribution in [2.75, 3.05) is 18.0 Å². The highest BCUT2D eigenvalue weighted by atomic mass is 35.5. The molecule has 26 heavy (non-hydrogen) atoms. The summed E-state index contributed by atoms with van der Waals surface area (Å²) in [6.07, 6.45) is 2.71. The summed E-state index contributed by atoms with van der Waals surface area (Å²) in [5.41, 5.74) is 0.683. The summed E-state index contributed by atoms with van der Waals surface area (Å²) in [6, 6.07) is 15.2. The minimum atomic E-state index is -0.906. The van der Waals surface area contributed by atoms with Crippen molar-refractivity contribution in [1.82, 2.24) is 9.55 Å². The molecular weight excluding hydrogens is 350 g/mol. The third kappa shape index (κ3) is 3.32. The number of halogens is 1. The molecule has 0 unspecified atom stereocenters. The molecule has 1 aliphatic rings. The van der Waals surface area contributed by atoms with Crippen LogP contribution in [0, 0.1) is 0 Å². The Morgan fingerprint density at radius 1 is 1.12 bits per heavy atom. The normalized spacial score (nSPS) is 16.8. The summed E-state index contributed by atoms with van der Waals surface area (Å²) < 4.78 is 1.51. The van der Waals surface area contributed by atoms with Crippen molar-refractivity contribution in [2.24, 2.45) is 0 Å². The van der Waals surface area contributed by atoms with E-state index in [1.807, 2.05) is 18.2 Å². The Labute approximate surface area is 156 Å². The third-order valence-corrected chi connectivity index (χ3v) is 5.30. The van der Waals surface area contributed by atoms with Crippen molar-refractivity contribution in [3.05, 3.63) is 70.2 Å². The van der Waals surface area contributed by atoms with Crippen molar-refractivity contribution < 1.29 is 5.11 Å². The van der Waals surface area contributed by atoms with Gasteiger partial charge >= 0.3 is 0 Å². The van der Waals surface area contributed by atoms with E-state index in [4.69, 9.17) is 11.6 Å². The highest BCUT2D eigenvalue weighted by Crippen LogP contribution is 2.27. The van der Waals surface area contributed by atoms with Gasteiger partial charge in [0.2, 0.25) is 0 Å². The van der Waals surface area contributed by atoms with Gasteiger partial charge in [0.05, 0.1) is 29.4 Å². The van der Waals surface area contributed by atoms with Crippen molar-refractivity contribution in [2.45, 2.75) is 25.0 Å². The Morgan fingerprint density at radius 3 is 2.58 bits per heavy atom. The molecule has 3 aromatic rings. The van der Waals surface area contributed by atoms with Gasteiger partial charge < -0.3 is 10.0 Å². The molecule has 1 aliphatic heterocycles. The fourth-order valence-corrected chi connectivity index (χ4v) is 3.71. The first-order valence-corrected chi connectivity index (χ1v) is 9.09. The molecule has 0 spiro atoms. The van der Waals surface area contributed by atoms with Gasteiger partial charge in [-0.2, -0.15) is 0 Å². The maximum Gasteiger partial charge on any atom is 0.261 e. The lowest BCUT2D eigenvalue weighted by molar-refractivity contribution is -0.00100. The lowest BCUT2D eigenvalue weighted by Gasteiger charge is -2.39. The molecule has 4 rings (SSSR count). The van der Waals surface area contributed by atoms with E-state index >= 15 is 0 Å². The second kappa shape index (κ2) is 6.74. The number of aliphatic hydroxyl groups is 1. The molecule has 134 valence electrons. The van der Waals surface area contributed by atoms with Crippen LogP contribution in [-0.4, -0.2) is 33.3 Å². The number of hydrogen-bond acceptors (Lipinski definition) is 4. The maximum atomic E-state index is 12.7. The molecule has 1 saturated heterocycles. The lowest BCUT2D eigenvalue weighted by Crippen LogP contribution is -2.48. The fourth-order valence-electron chi connectivity index (χ4n) is 3.54. The quantitative estimate of drug-likeness (QED) is 0.770. The number of fused-ring (bicyclic) bond motifs is 1. The zero-order valence-electron chi connectivity index (χ0n) is 14.3. The van der Waals surface area contributed by atoms with Crippen LogP contribution in [0.3, 0.4) is 0 Å². The third-order valence-electron chi connectivity index (χ3n) is 5.07. The summed E-state index contributed by atoms with van der Waals surface area (Å²) in [5.74, 6) is 0. The Hall–Kier alpha value is -2.37. The summed E-state index contributed by atoms with van der Waals surface area (Å²) in [5, 5.41) is 12.1. The van der Waals surface area contributed by atoms with E-state index in [0.29, 0.717) is 28.8 Å². The second-order valence-corrected chi connectivity index (χ2v) is 7.32. The Kier molecular flexibility index (Phi) is 4.42. The standard InChI is InChI=1S/C20H20ClN3O2/c21-15-6-7-17-18(12-15)22-14-24(19(17)25)13-20(26)8-10-23(11-9-20)16-4-2-1-3-5-16/h1-7,12,14,26H,8-11,13H2. The fraction of sp³-hybridized carbons (Fsp3) is 0.300. The average molecular weight is 370 g/mol. The van der Waals surface area contributed by atoms with Gasteiger partial charge in [-0.25, -0.2) is 4.98 Å². The zero-order valence-corrected chi connectivity index (χ0v) is 15.1. The van der Waals surface area contributed by atoms with Crippen molar-refractivity contribution in [3.63, 3.8) is 0 Å². The number of piperidine rings is 1. The summed E-state index contributed by atoms with van der Waals surface area (Å²) >= 11 is 5.96. The second-order valence-electron chi connectivity index (χ2n) is 6.89. The molecule has 6 heteroatoms. The van der Waals surface area contributed by atoms with E-state index in [-0.39, 0.29) is 12.1 Å². The van der Waals surface area contributed by atoms with E-state index in [0.717, 1.165) is 18.8 Å². The first-order valence-electron chi connectivity index (χ1n) is 8.71. The Balaban J connectivity index is 1.52. The first kappa shape index (κ1) is 17.1. The van der Waals surface area contributed by atoms with Crippen molar-refractivity contribution in [3.8, 4) is 0 Å². The topological polar surface area (TPSA) is 58.4 Å². The predicted molar refractivity (Wildman–Crippen MR) is 104 cm³/mol. The van der Waals surface area contributed by atoms with Gasteiger partial charge in [0.1, 0.15) is 0 Å². The van der Waals surface area contributed by atoms with Gasteiger partial charge in [0.25, 0.3) is 5.56 Å². The van der Waals surface area contributed by atoms with Crippen LogP contribution < -0.4 is 10.5 Å². The number of rotatable bonds is 3. The van der Waals surface area contributed by atoms with Gasteiger partial charge in [-0.05, 0) is 43.2 Å².